The molecule has 0 unspecified atom stereocenters. The van der Waals surface area contributed by atoms with Crippen molar-refractivity contribution in [2.75, 3.05) is 26.8 Å². The van der Waals surface area contributed by atoms with E-state index in [1.807, 2.05) is 30.3 Å². The number of pyridine rings is 1. The number of nitrogens with zero attached hydrogens (tertiary/aromatic N) is 4. The maximum atomic E-state index is 12.5. The van der Waals surface area contributed by atoms with Crippen molar-refractivity contribution >= 4 is 22.9 Å². The zero-order valence-electron chi connectivity index (χ0n) is 17.7. The van der Waals surface area contributed by atoms with Crippen LogP contribution in [0.25, 0.3) is 16.7 Å². The van der Waals surface area contributed by atoms with Crippen molar-refractivity contribution in [1.82, 2.24) is 19.7 Å². The van der Waals surface area contributed by atoms with E-state index in [0.717, 1.165) is 30.6 Å². The highest BCUT2D eigenvalue weighted by Gasteiger charge is 2.32. The molecule has 9 nitrogen and oxygen atoms in total. The third kappa shape index (κ3) is 3.58. The molecule has 1 saturated heterocycles. The molecule has 0 spiro atoms. The minimum atomic E-state index is -1.17. The summed E-state index contributed by atoms with van der Waals surface area (Å²) in [6, 6.07) is 10.9. The molecule has 166 valence electrons. The second-order valence-electron chi connectivity index (χ2n) is 8.21. The highest BCUT2D eigenvalue weighted by Crippen LogP contribution is 2.42. The van der Waals surface area contributed by atoms with Crippen molar-refractivity contribution in [1.29, 1.82) is 0 Å². The molecule has 3 aromatic rings. The van der Waals surface area contributed by atoms with Gasteiger partial charge < -0.3 is 19.5 Å². The number of para-hydroxylation sites is 1. The molecule has 1 amide bonds. The first-order chi connectivity index (χ1) is 15.5. The maximum Gasteiger partial charge on any atom is 0.354 e. The predicted molar refractivity (Wildman–Crippen MR) is 115 cm³/mol. The quantitative estimate of drug-likeness (QED) is 0.607. The first kappa shape index (κ1) is 20.4. The minimum absolute atomic E-state index is 0.0551. The summed E-state index contributed by atoms with van der Waals surface area (Å²) in [5.74, 6) is -0.745. The molecule has 1 saturated carbocycles. The lowest BCUT2D eigenvalue weighted by molar-refractivity contribution is -0.145. The van der Waals surface area contributed by atoms with Gasteiger partial charge in [0.25, 0.3) is 5.91 Å². The number of methoxy groups -OCH3 is 1. The molecule has 3 heterocycles. The van der Waals surface area contributed by atoms with Crippen molar-refractivity contribution < 1.29 is 24.2 Å². The number of hydrogen-bond acceptors (Lipinski definition) is 6. The van der Waals surface area contributed by atoms with E-state index >= 15 is 0 Å². The number of amides is 1. The van der Waals surface area contributed by atoms with E-state index in [-0.39, 0.29) is 30.2 Å². The van der Waals surface area contributed by atoms with Crippen LogP contribution in [-0.2, 0) is 9.53 Å². The monoisotopic (exact) mass is 436 g/mol. The predicted octanol–water partition coefficient (Wildman–Crippen LogP) is 2.62. The summed E-state index contributed by atoms with van der Waals surface area (Å²) in [7, 11) is 1.62. The fourth-order valence-corrected chi connectivity index (χ4v) is 4.07. The summed E-state index contributed by atoms with van der Waals surface area (Å²) in [5, 5.41) is 15.1. The Bertz CT molecular complexity index is 1170. The number of likely N-dealkylation sites (tertiary alicyclic amines) is 1. The summed E-state index contributed by atoms with van der Waals surface area (Å²) in [6.45, 7) is 0.878. The number of carbonyl (C=O) groups excluding carboxylic acids is 1. The maximum absolute atomic E-state index is 12.5. The Morgan fingerprint density at radius 1 is 1.19 bits per heavy atom. The lowest BCUT2D eigenvalue weighted by Gasteiger charge is -2.37. The lowest BCUT2D eigenvalue weighted by atomic mass is 9.82. The highest BCUT2D eigenvalue weighted by atomic mass is 16.5. The zero-order chi connectivity index (χ0) is 22.2. The number of carboxylic acids is 1. The largest absolute Gasteiger partial charge is 0.483 e. The smallest absolute Gasteiger partial charge is 0.354 e. The molecule has 1 aliphatic heterocycles. The fourth-order valence-electron chi connectivity index (χ4n) is 4.07. The molecule has 2 aromatic heterocycles. The van der Waals surface area contributed by atoms with Crippen LogP contribution in [0.15, 0.2) is 36.4 Å². The first-order valence-electron chi connectivity index (χ1n) is 10.7. The van der Waals surface area contributed by atoms with Gasteiger partial charge in [-0.1, -0.05) is 24.6 Å². The molecule has 9 heteroatoms. The van der Waals surface area contributed by atoms with Crippen molar-refractivity contribution in [3.8, 4) is 11.4 Å². The molecule has 5 rings (SSSR count). The summed E-state index contributed by atoms with van der Waals surface area (Å²) >= 11 is 0. The number of hydrogen-bond donors (Lipinski definition) is 1. The van der Waals surface area contributed by atoms with Crippen molar-refractivity contribution in [2.45, 2.75) is 31.3 Å². The molecule has 0 bridgehead atoms. The van der Waals surface area contributed by atoms with Crippen LogP contribution in [0.5, 0.6) is 5.75 Å². The Morgan fingerprint density at radius 2 is 1.94 bits per heavy atom. The molecule has 1 aliphatic carbocycles. The van der Waals surface area contributed by atoms with Gasteiger partial charge in [-0.25, -0.2) is 14.5 Å². The van der Waals surface area contributed by atoms with Crippen LogP contribution in [0, 0.1) is 0 Å². The van der Waals surface area contributed by atoms with Gasteiger partial charge in [0.05, 0.1) is 22.9 Å². The van der Waals surface area contributed by atoms with Gasteiger partial charge in [0.2, 0.25) is 0 Å². The van der Waals surface area contributed by atoms with Gasteiger partial charge in [0, 0.05) is 32.2 Å². The van der Waals surface area contributed by atoms with Crippen LogP contribution >= 0.6 is 0 Å². The molecule has 32 heavy (non-hydrogen) atoms. The number of carboxylic acid groups (broad SMARTS) is 1. The first-order valence-corrected chi connectivity index (χ1v) is 10.7. The van der Waals surface area contributed by atoms with E-state index in [0.29, 0.717) is 29.9 Å². The third-order valence-corrected chi connectivity index (χ3v) is 6.23. The summed E-state index contributed by atoms with van der Waals surface area (Å²) < 4.78 is 12.8. The van der Waals surface area contributed by atoms with E-state index in [1.54, 1.807) is 16.7 Å². The number of aromatic carboxylic acids is 1. The summed E-state index contributed by atoms with van der Waals surface area (Å²) in [4.78, 5) is 30.4. The van der Waals surface area contributed by atoms with Crippen LogP contribution in [0.3, 0.4) is 0 Å². The van der Waals surface area contributed by atoms with Crippen LogP contribution in [0.1, 0.15) is 41.4 Å². The van der Waals surface area contributed by atoms with Gasteiger partial charge in [0.15, 0.2) is 17.9 Å². The van der Waals surface area contributed by atoms with Crippen molar-refractivity contribution in [3.05, 3.63) is 47.8 Å². The summed E-state index contributed by atoms with van der Waals surface area (Å²) in [6.07, 6.45) is 3.19. The van der Waals surface area contributed by atoms with Crippen LogP contribution in [-0.4, -0.2) is 69.6 Å². The van der Waals surface area contributed by atoms with Gasteiger partial charge in [0.1, 0.15) is 5.75 Å². The van der Waals surface area contributed by atoms with E-state index in [4.69, 9.17) is 14.6 Å². The molecular formula is C23H24N4O5. The third-order valence-electron chi connectivity index (χ3n) is 6.23. The normalized spacial score (nSPS) is 16.6. The van der Waals surface area contributed by atoms with Crippen molar-refractivity contribution in [3.63, 3.8) is 0 Å². The van der Waals surface area contributed by atoms with E-state index < -0.39 is 5.97 Å². The molecule has 0 radical (unpaired) electrons. The van der Waals surface area contributed by atoms with Gasteiger partial charge in [-0.05, 0) is 25.0 Å². The molecular weight excluding hydrogens is 412 g/mol. The van der Waals surface area contributed by atoms with Gasteiger partial charge >= 0.3 is 5.97 Å². The standard InChI is InChI=1S/C23H24N4O5/c1-31-16-11-26(12-16)19(28)13-32-18-10-17(23(29)30)24-22-20(18)21(14-6-5-7-14)25-27(22)15-8-3-2-4-9-15/h2-4,8-10,14,16H,5-7,11-13H2,1H3,(H,29,30). The number of ether oxygens (including phenoxy) is 2. The second kappa shape index (κ2) is 8.23. The molecule has 2 fully saturated rings. The van der Waals surface area contributed by atoms with Gasteiger partial charge in [-0.3, -0.25) is 4.79 Å². The molecule has 2 aliphatic rings. The van der Waals surface area contributed by atoms with Crippen LogP contribution < -0.4 is 4.74 Å². The number of rotatable bonds is 7. The molecule has 0 atom stereocenters. The lowest BCUT2D eigenvalue weighted by Crippen LogP contribution is -2.55. The van der Waals surface area contributed by atoms with Crippen LogP contribution in [0.4, 0.5) is 0 Å². The zero-order valence-corrected chi connectivity index (χ0v) is 17.7. The van der Waals surface area contributed by atoms with Gasteiger partial charge in [-0.2, -0.15) is 5.10 Å². The average Bonchev–Trinajstić information content (AvgIpc) is 3.10. The van der Waals surface area contributed by atoms with E-state index in [9.17, 15) is 14.7 Å². The van der Waals surface area contributed by atoms with E-state index in [2.05, 4.69) is 4.98 Å². The van der Waals surface area contributed by atoms with Crippen LogP contribution in [0.2, 0.25) is 0 Å². The Hall–Kier alpha value is -3.46. The fraction of sp³-hybridized carbons (Fsp3) is 0.391. The number of aromatic nitrogens is 3. The van der Waals surface area contributed by atoms with E-state index in [1.165, 1.54) is 6.07 Å². The molecule has 1 aromatic carbocycles. The average molecular weight is 436 g/mol. The Balaban J connectivity index is 1.55. The minimum Gasteiger partial charge on any atom is -0.483 e. The number of fused-ring (bicyclic) bond motifs is 1. The van der Waals surface area contributed by atoms with Crippen molar-refractivity contribution in [2.24, 2.45) is 0 Å². The second-order valence-corrected chi connectivity index (χ2v) is 8.21. The molecule has 1 N–H and O–H groups in total. The Morgan fingerprint density at radius 3 is 2.56 bits per heavy atom. The SMILES string of the molecule is COC1CN(C(=O)COc2cc(C(=O)O)nc3c2c(C2CCC2)nn3-c2ccccc2)C1. The number of carbonyl (C=O) groups is 2. The highest BCUT2D eigenvalue weighted by molar-refractivity contribution is 5.94. The topological polar surface area (TPSA) is 107 Å². The number of benzene rings is 1. The Kier molecular flexibility index (Phi) is 5.26. The van der Waals surface area contributed by atoms with Gasteiger partial charge in [-0.15, -0.1) is 0 Å². The summed E-state index contributed by atoms with van der Waals surface area (Å²) in [5.41, 5.74) is 1.89. The Labute approximate surface area is 184 Å².